The highest BCUT2D eigenvalue weighted by Crippen LogP contribution is 2.36. The maximum atomic E-state index is 12.3. The van der Waals surface area contributed by atoms with Gasteiger partial charge in [-0.05, 0) is 18.6 Å². The summed E-state index contributed by atoms with van der Waals surface area (Å²) >= 11 is 0. The van der Waals surface area contributed by atoms with Gasteiger partial charge in [0.2, 0.25) is 10.0 Å². The zero-order valence-electron chi connectivity index (χ0n) is 10.4. The number of anilines is 1. The molecule has 0 aromatic heterocycles. The van der Waals surface area contributed by atoms with Crippen LogP contribution < -0.4 is 19.5 Å². The van der Waals surface area contributed by atoms with Crippen molar-refractivity contribution in [1.82, 2.24) is 0 Å². The van der Waals surface area contributed by atoms with E-state index in [1.54, 1.807) is 18.2 Å². The zero-order chi connectivity index (χ0) is 13.5. The molecule has 19 heavy (non-hydrogen) atoms. The first-order chi connectivity index (χ1) is 9.13. The van der Waals surface area contributed by atoms with Crippen LogP contribution in [0.25, 0.3) is 0 Å². The second kappa shape index (κ2) is 4.57. The highest BCUT2D eigenvalue weighted by molar-refractivity contribution is 7.93. The molecule has 2 aliphatic heterocycles. The molecular weight excluding hydrogens is 268 g/mol. The Balaban J connectivity index is 1.95. The fraction of sp³-hybridized carbons (Fsp3) is 0.500. The monoisotopic (exact) mass is 284 g/mol. The molecule has 0 amide bonds. The van der Waals surface area contributed by atoms with Crippen molar-refractivity contribution in [3.05, 3.63) is 18.2 Å². The topological polar surface area (TPSA) is 81.9 Å². The van der Waals surface area contributed by atoms with E-state index in [4.69, 9.17) is 15.2 Å². The first-order valence-electron chi connectivity index (χ1n) is 6.24. The summed E-state index contributed by atoms with van der Waals surface area (Å²) in [6.07, 6.45) is 0.563. The number of fused-ring (bicyclic) bond motifs is 1. The Morgan fingerprint density at radius 2 is 2.00 bits per heavy atom. The molecule has 0 bridgehead atoms. The number of nitrogens with zero attached hydrogens (tertiary/aromatic N) is 1. The van der Waals surface area contributed by atoms with Crippen LogP contribution >= 0.6 is 0 Å². The quantitative estimate of drug-likeness (QED) is 0.846. The van der Waals surface area contributed by atoms with Gasteiger partial charge in [0.25, 0.3) is 0 Å². The number of hydrogen-bond donors (Lipinski definition) is 1. The van der Waals surface area contributed by atoms with Crippen LogP contribution in [0.3, 0.4) is 0 Å². The van der Waals surface area contributed by atoms with Crippen LogP contribution in [-0.4, -0.2) is 40.0 Å². The average molecular weight is 284 g/mol. The van der Waals surface area contributed by atoms with Crippen molar-refractivity contribution in [2.75, 3.05) is 30.6 Å². The molecule has 0 spiro atoms. The number of nitrogens with two attached hydrogens (primary N) is 1. The van der Waals surface area contributed by atoms with Gasteiger partial charge >= 0.3 is 0 Å². The lowest BCUT2D eigenvalue weighted by molar-refractivity contribution is 0.171. The van der Waals surface area contributed by atoms with E-state index < -0.39 is 15.3 Å². The van der Waals surface area contributed by atoms with Crippen molar-refractivity contribution >= 4 is 15.7 Å². The van der Waals surface area contributed by atoms with Crippen molar-refractivity contribution in [2.24, 2.45) is 5.73 Å². The van der Waals surface area contributed by atoms with E-state index in [-0.39, 0.29) is 6.54 Å². The van der Waals surface area contributed by atoms with Gasteiger partial charge < -0.3 is 15.2 Å². The predicted molar refractivity (Wildman–Crippen MR) is 71.2 cm³/mol. The lowest BCUT2D eigenvalue weighted by atomic mass is 10.2. The fourth-order valence-corrected chi connectivity index (χ4v) is 4.19. The standard InChI is InChI=1S/C12H16N2O4S/c13-8-10-3-4-14(19(10,15)16)9-1-2-11-12(7-9)18-6-5-17-11/h1-2,7,10H,3-6,8,13H2/t10-/m0/s1. The van der Waals surface area contributed by atoms with Gasteiger partial charge in [0, 0.05) is 19.2 Å². The van der Waals surface area contributed by atoms with Crippen LogP contribution in [0.2, 0.25) is 0 Å². The number of benzene rings is 1. The van der Waals surface area contributed by atoms with Gasteiger partial charge in [-0.15, -0.1) is 0 Å². The van der Waals surface area contributed by atoms with Crippen molar-refractivity contribution in [3.63, 3.8) is 0 Å². The molecular formula is C12H16N2O4S. The van der Waals surface area contributed by atoms with E-state index in [1.165, 1.54) is 4.31 Å². The molecule has 0 radical (unpaired) electrons. The van der Waals surface area contributed by atoms with Gasteiger partial charge in [0.05, 0.1) is 10.9 Å². The molecule has 1 aromatic rings. The van der Waals surface area contributed by atoms with Crippen LogP contribution in [0.4, 0.5) is 5.69 Å². The second-order valence-electron chi connectivity index (χ2n) is 4.59. The van der Waals surface area contributed by atoms with E-state index in [0.717, 1.165) is 0 Å². The summed E-state index contributed by atoms with van der Waals surface area (Å²) in [4.78, 5) is 0. The summed E-state index contributed by atoms with van der Waals surface area (Å²) in [6, 6.07) is 5.20. The first kappa shape index (κ1) is 12.6. The zero-order valence-corrected chi connectivity index (χ0v) is 11.2. The van der Waals surface area contributed by atoms with Crippen LogP contribution in [0.5, 0.6) is 11.5 Å². The molecule has 1 fully saturated rings. The largest absolute Gasteiger partial charge is 0.486 e. The molecule has 0 saturated carbocycles. The Bertz CT molecular complexity index is 587. The van der Waals surface area contributed by atoms with Gasteiger partial charge in [-0.25, -0.2) is 8.42 Å². The highest BCUT2D eigenvalue weighted by atomic mass is 32.2. The lowest BCUT2D eigenvalue weighted by Crippen LogP contribution is -2.33. The first-order valence-corrected chi connectivity index (χ1v) is 7.74. The minimum absolute atomic E-state index is 0.156. The summed E-state index contributed by atoms with van der Waals surface area (Å²) in [5, 5.41) is -0.485. The van der Waals surface area contributed by atoms with Crippen molar-refractivity contribution in [1.29, 1.82) is 0 Å². The number of rotatable bonds is 2. The van der Waals surface area contributed by atoms with Crippen LogP contribution in [0.1, 0.15) is 6.42 Å². The Hall–Kier alpha value is -1.47. The normalized spacial score (nSPS) is 24.5. The van der Waals surface area contributed by atoms with E-state index >= 15 is 0 Å². The Morgan fingerprint density at radius 1 is 1.26 bits per heavy atom. The van der Waals surface area contributed by atoms with Crippen molar-refractivity contribution in [2.45, 2.75) is 11.7 Å². The smallest absolute Gasteiger partial charge is 0.239 e. The highest BCUT2D eigenvalue weighted by Gasteiger charge is 2.38. The maximum Gasteiger partial charge on any atom is 0.239 e. The third-order valence-corrected chi connectivity index (χ3v) is 5.74. The molecule has 1 atom stereocenters. The molecule has 0 aliphatic carbocycles. The average Bonchev–Trinajstić information content (AvgIpc) is 2.72. The maximum absolute atomic E-state index is 12.3. The molecule has 2 heterocycles. The molecule has 3 rings (SSSR count). The van der Waals surface area contributed by atoms with Crippen molar-refractivity contribution < 1.29 is 17.9 Å². The lowest BCUT2D eigenvalue weighted by Gasteiger charge is -2.22. The van der Waals surface area contributed by atoms with Gasteiger partial charge in [0.15, 0.2) is 11.5 Å². The molecule has 2 N–H and O–H groups in total. The molecule has 0 unspecified atom stereocenters. The molecule has 2 aliphatic rings. The molecule has 6 nitrogen and oxygen atoms in total. The fourth-order valence-electron chi connectivity index (χ4n) is 2.42. The summed E-state index contributed by atoms with van der Waals surface area (Å²) in [6.45, 7) is 1.62. The number of sulfonamides is 1. The number of ether oxygens (including phenoxy) is 2. The van der Waals surface area contributed by atoms with E-state index in [0.29, 0.717) is 43.4 Å². The summed E-state index contributed by atoms with van der Waals surface area (Å²) in [7, 11) is -3.35. The number of hydrogen-bond acceptors (Lipinski definition) is 5. The third-order valence-electron chi connectivity index (χ3n) is 3.46. The predicted octanol–water partition coefficient (Wildman–Crippen LogP) is 0.325. The minimum Gasteiger partial charge on any atom is -0.486 e. The second-order valence-corrected chi connectivity index (χ2v) is 6.73. The minimum atomic E-state index is -3.35. The summed E-state index contributed by atoms with van der Waals surface area (Å²) in [5.41, 5.74) is 6.12. The molecule has 7 heteroatoms. The Morgan fingerprint density at radius 3 is 2.68 bits per heavy atom. The van der Waals surface area contributed by atoms with Gasteiger partial charge in [0.1, 0.15) is 13.2 Å². The van der Waals surface area contributed by atoms with Gasteiger partial charge in [-0.3, -0.25) is 4.31 Å². The summed E-state index contributed by atoms with van der Waals surface area (Å²) < 4.78 is 36.8. The molecule has 1 aromatic carbocycles. The SMILES string of the molecule is NC[C@@H]1CCN(c2ccc3c(c2)OCCO3)S1(=O)=O. The van der Waals surface area contributed by atoms with E-state index in [1.807, 2.05) is 0 Å². The molecule has 1 saturated heterocycles. The molecule has 104 valence electrons. The van der Waals surface area contributed by atoms with Crippen LogP contribution in [0.15, 0.2) is 18.2 Å². The van der Waals surface area contributed by atoms with E-state index in [2.05, 4.69) is 0 Å². The van der Waals surface area contributed by atoms with Crippen LogP contribution in [-0.2, 0) is 10.0 Å². The Labute approximate surface area is 112 Å². The van der Waals surface area contributed by atoms with Gasteiger partial charge in [-0.1, -0.05) is 0 Å². The Kier molecular flexibility index (Phi) is 3.02. The summed E-state index contributed by atoms with van der Waals surface area (Å²) in [5.74, 6) is 1.25. The van der Waals surface area contributed by atoms with E-state index in [9.17, 15) is 8.42 Å². The third kappa shape index (κ3) is 2.02. The van der Waals surface area contributed by atoms with Crippen molar-refractivity contribution in [3.8, 4) is 11.5 Å². The van der Waals surface area contributed by atoms with Gasteiger partial charge in [-0.2, -0.15) is 0 Å². The van der Waals surface area contributed by atoms with Crippen LogP contribution in [0, 0.1) is 0 Å².